The largest absolute Gasteiger partial charge is 0.468 e. The molecule has 29 heavy (non-hydrogen) atoms. The number of pyridine rings is 1. The molecule has 0 aromatic carbocycles. The molecule has 2 aromatic rings. The fourth-order valence-electron chi connectivity index (χ4n) is 4.78. The average molecular weight is 399 g/mol. The van der Waals surface area contributed by atoms with Gasteiger partial charge in [0.25, 0.3) is 5.56 Å². The van der Waals surface area contributed by atoms with Crippen LogP contribution in [-0.2, 0) is 36.2 Å². The highest BCUT2D eigenvalue weighted by Gasteiger charge is 2.35. The highest BCUT2D eigenvalue weighted by Crippen LogP contribution is 2.35. The number of ether oxygens (including phenoxy) is 1. The quantitative estimate of drug-likeness (QED) is 0.670. The summed E-state index contributed by atoms with van der Waals surface area (Å²) in [5, 5.41) is 4.27. The van der Waals surface area contributed by atoms with E-state index in [0.29, 0.717) is 18.4 Å². The summed E-state index contributed by atoms with van der Waals surface area (Å²) in [6, 6.07) is 4.04. The van der Waals surface area contributed by atoms with E-state index in [0.717, 1.165) is 43.9 Å². The minimum Gasteiger partial charge on any atom is -0.468 e. The fourth-order valence-corrected chi connectivity index (χ4v) is 4.78. The standard InChI is InChI=1S/C21H29N5O3/c1-23(14-20(27)29-3)12-17-4-5-19-18-6-15(11-26(19)21(17)28)9-25(13-18)10-16-7-22-24(2)8-16/h4-5,7-8,15,18H,6,9-14H2,1-3H3/t15-,18+/m0/s1. The molecule has 2 bridgehead atoms. The van der Waals surface area contributed by atoms with Crippen LogP contribution in [-0.4, -0.2) is 63.9 Å². The van der Waals surface area contributed by atoms with Gasteiger partial charge in [0.1, 0.15) is 0 Å². The average Bonchev–Trinajstić information content (AvgIpc) is 3.08. The number of methoxy groups -OCH3 is 1. The summed E-state index contributed by atoms with van der Waals surface area (Å²) in [5.41, 5.74) is 3.18. The van der Waals surface area contributed by atoms with Gasteiger partial charge in [-0.2, -0.15) is 5.10 Å². The third-order valence-corrected chi connectivity index (χ3v) is 5.99. The first-order valence-corrected chi connectivity index (χ1v) is 10.1. The third-order valence-electron chi connectivity index (χ3n) is 5.99. The van der Waals surface area contributed by atoms with Crippen molar-refractivity contribution in [1.29, 1.82) is 0 Å². The van der Waals surface area contributed by atoms with Gasteiger partial charge in [-0.05, 0) is 25.5 Å². The molecule has 8 nitrogen and oxygen atoms in total. The van der Waals surface area contributed by atoms with Gasteiger partial charge in [-0.3, -0.25) is 24.1 Å². The van der Waals surface area contributed by atoms with Crippen molar-refractivity contribution in [3.8, 4) is 0 Å². The van der Waals surface area contributed by atoms with Crippen molar-refractivity contribution >= 4 is 5.97 Å². The molecule has 0 unspecified atom stereocenters. The lowest BCUT2D eigenvalue weighted by atomic mass is 9.83. The smallest absolute Gasteiger partial charge is 0.319 e. The van der Waals surface area contributed by atoms with E-state index < -0.39 is 0 Å². The van der Waals surface area contributed by atoms with Crippen molar-refractivity contribution in [2.45, 2.75) is 32.0 Å². The number of carbonyl (C=O) groups excluding carboxylic acids is 1. The number of nitrogens with zero attached hydrogens (tertiary/aromatic N) is 5. The molecule has 2 atom stereocenters. The number of likely N-dealkylation sites (tertiary alicyclic amines) is 1. The second-order valence-corrected chi connectivity index (χ2v) is 8.46. The number of hydrogen-bond acceptors (Lipinski definition) is 6. The van der Waals surface area contributed by atoms with Crippen LogP contribution < -0.4 is 5.56 Å². The highest BCUT2D eigenvalue weighted by atomic mass is 16.5. The number of piperidine rings is 1. The van der Waals surface area contributed by atoms with Crippen LogP contribution in [0.25, 0.3) is 0 Å². The molecule has 8 heteroatoms. The van der Waals surface area contributed by atoms with Crippen LogP contribution >= 0.6 is 0 Å². The van der Waals surface area contributed by atoms with Crippen LogP contribution in [0, 0.1) is 5.92 Å². The summed E-state index contributed by atoms with van der Waals surface area (Å²) < 4.78 is 8.52. The molecule has 1 fully saturated rings. The van der Waals surface area contributed by atoms with Crippen molar-refractivity contribution in [1.82, 2.24) is 24.1 Å². The Hall–Kier alpha value is -2.45. The van der Waals surface area contributed by atoms with Crippen molar-refractivity contribution < 1.29 is 9.53 Å². The maximum Gasteiger partial charge on any atom is 0.319 e. The van der Waals surface area contributed by atoms with Gasteiger partial charge in [-0.25, -0.2) is 0 Å². The zero-order chi connectivity index (χ0) is 20.5. The van der Waals surface area contributed by atoms with E-state index in [-0.39, 0.29) is 18.1 Å². The molecule has 156 valence electrons. The van der Waals surface area contributed by atoms with Gasteiger partial charge in [0.2, 0.25) is 0 Å². The maximum atomic E-state index is 13.1. The number of hydrogen-bond donors (Lipinski definition) is 0. The van der Waals surface area contributed by atoms with E-state index in [1.54, 1.807) is 0 Å². The van der Waals surface area contributed by atoms with Crippen molar-refractivity contribution in [3.05, 3.63) is 51.7 Å². The van der Waals surface area contributed by atoms with Crippen LogP contribution in [0.1, 0.15) is 29.2 Å². The van der Waals surface area contributed by atoms with Crippen LogP contribution in [0.3, 0.4) is 0 Å². The van der Waals surface area contributed by atoms with Gasteiger partial charge in [0.15, 0.2) is 0 Å². The Kier molecular flexibility index (Phi) is 5.56. The summed E-state index contributed by atoms with van der Waals surface area (Å²) >= 11 is 0. The lowest BCUT2D eigenvalue weighted by Gasteiger charge is -2.43. The van der Waals surface area contributed by atoms with Gasteiger partial charge in [0.05, 0.1) is 19.9 Å². The number of rotatable bonds is 6. The van der Waals surface area contributed by atoms with Gasteiger partial charge >= 0.3 is 5.97 Å². The molecular weight excluding hydrogens is 370 g/mol. The van der Waals surface area contributed by atoms with E-state index in [2.05, 4.69) is 22.3 Å². The Bertz CT molecular complexity index is 950. The van der Waals surface area contributed by atoms with Gasteiger partial charge in [-0.1, -0.05) is 6.07 Å². The lowest BCUT2D eigenvalue weighted by molar-refractivity contribution is -0.141. The second kappa shape index (κ2) is 8.12. The number of aromatic nitrogens is 3. The van der Waals surface area contributed by atoms with E-state index >= 15 is 0 Å². The van der Waals surface area contributed by atoms with E-state index in [1.807, 2.05) is 40.5 Å². The molecule has 0 spiro atoms. The molecule has 2 aliphatic rings. The summed E-state index contributed by atoms with van der Waals surface area (Å²) in [6.07, 6.45) is 5.14. The fraction of sp³-hybridized carbons (Fsp3) is 0.571. The molecular formula is C21H29N5O3. The molecule has 4 rings (SSSR count). The first-order valence-electron chi connectivity index (χ1n) is 10.1. The number of esters is 1. The molecule has 2 aromatic heterocycles. The highest BCUT2D eigenvalue weighted by molar-refractivity contribution is 5.71. The summed E-state index contributed by atoms with van der Waals surface area (Å²) in [5.74, 6) is 0.571. The zero-order valence-electron chi connectivity index (χ0n) is 17.4. The first kappa shape index (κ1) is 19.8. The third kappa shape index (κ3) is 4.28. The van der Waals surface area contributed by atoms with Crippen molar-refractivity contribution in [2.24, 2.45) is 13.0 Å². The number of likely N-dealkylation sites (N-methyl/N-ethyl adjacent to an activating group) is 1. The minimum atomic E-state index is -0.297. The lowest BCUT2D eigenvalue weighted by Crippen LogP contribution is -2.47. The number of fused-ring (bicyclic) bond motifs is 4. The minimum absolute atomic E-state index is 0.0784. The molecule has 0 radical (unpaired) electrons. The van der Waals surface area contributed by atoms with E-state index in [9.17, 15) is 9.59 Å². The molecule has 0 aliphatic carbocycles. The van der Waals surface area contributed by atoms with Crippen LogP contribution in [0.2, 0.25) is 0 Å². The Balaban J connectivity index is 1.49. The van der Waals surface area contributed by atoms with Gasteiger partial charge in [0, 0.05) is 68.7 Å². The Labute approximate surface area is 170 Å². The maximum absolute atomic E-state index is 13.1. The number of aryl methyl sites for hydroxylation is 1. The van der Waals surface area contributed by atoms with Crippen LogP contribution in [0.4, 0.5) is 0 Å². The van der Waals surface area contributed by atoms with E-state index in [1.165, 1.54) is 12.7 Å². The summed E-state index contributed by atoms with van der Waals surface area (Å²) in [7, 11) is 5.14. The first-order chi connectivity index (χ1) is 13.9. The molecule has 0 N–H and O–H groups in total. The van der Waals surface area contributed by atoms with Crippen LogP contribution in [0.5, 0.6) is 0 Å². The van der Waals surface area contributed by atoms with Crippen molar-refractivity contribution in [2.75, 3.05) is 33.8 Å². The topological polar surface area (TPSA) is 72.6 Å². The zero-order valence-corrected chi connectivity index (χ0v) is 17.4. The predicted octanol–water partition coefficient (Wildman–Crippen LogP) is 0.806. The number of carbonyl (C=O) groups is 1. The monoisotopic (exact) mass is 399 g/mol. The Morgan fingerprint density at radius 3 is 2.86 bits per heavy atom. The van der Waals surface area contributed by atoms with Crippen LogP contribution in [0.15, 0.2) is 29.3 Å². The molecule has 1 saturated heterocycles. The van der Waals surface area contributed by atoms with E-state index in [4.69, 9.17) is 4.74 Å². The normalized spacial score (nSPS) is 21.2. The second-order valence-electron chi connectivity index (χ2n) is 8.46. The van der Waals surface area contributed by atoms with Crippen molar-refractivity contribution in [3.63, 3.8) is 0 Å². The molecule has 2 aliphatic heterocycles. The van der Waals surface area contributed by atoms with Gasteiger partial charge < -0.3 is 9.30 Å². The molecule has 0 amide bonds. The Morgan fingerprint density at radius 2 is 2.14 bits per heavy atom. The van der Waals surface area contributed by atoms with Gasteiger partial charge in [-0.15, -0.1) is 0 Å². The summed E-state index contributed by atoms with van der Waals surface area (Å²) in [4.78, 5) is 28.9. The molecule has 4 heterocycles. The molecule has 0 saturated carbocycles. The summed E-state index contributed by atoms with van der Waals surface area (Å²) in [6.45, 7) is 4.25. The Morgan fingerprint density at radius 1 is 1.31 bits per heavy atom. The predicted molar refractivity (Wildman–Crippen MR) is 108 cm³/mol. The SMILES string of the molecule is COC(=O)CN(C)Cc1ccc2n(c1=O)C[C@H]1C[C@@H]2CN(Cc2cnn(C)c2)C1.